The minimum absolute atomic E-state index is 0.0955. The van der Waals surface area contributed by atoms with E-state index in [9.17, 15) is 14.4 Å². The normalized spacial score (nSPS) is 18.0. The molecule has 140 valence electrons. The van der Waals surface area contributed by atoms with Crippen LogP contribution in [0.2, 0.25) is 0 Å². The summed E-state index contributed by atoms with van der Waals surface area (Å²) in [6, 6.07) is 6.65. The van der Waals surface area contributed by atoms with Gasteiger partial charge in [-0.3, -0.25) is 14.4 Å². The number of benzene rings is 1. The number of nitrogens with zero attached hydrogens (tertiary/aromatic N) is 2. The van der Waals surface area contributed by atoms with Gasteiger partial charge in [-0.05, 0) is 37.0 Å². The average Bonchev–Trinajstić information content (AvgIpc) is 3.14. The lowest BCUT2D eigenvalue weighted by Crippen LogP contribution is -2.50. The molecule has 26 heavy (non-hydrogen) atoms. The Morgan fingerprint density at radius 2 is 1.69 bits per heavy atom. The van der Waals surface area contributed by atoms with Crippen molar-refractivity contribution in [3.05, 3.63) is 29.8 Å². The molecule has 0 aromatic heterocycles. The molecule has 1 aromatic carbocycles. The number of hydrogen-bond donors (Lipinski definition) is 0. The number of carbonyl (C=O) groups is 3. The fourth-order valence-corrected chi connectivity index (χ4v) is 3.79. The summed E-state index contributed by atoms with van der Waals surface area (Å²) in [6.45, 7) is 3.57. The van der Waals surface area contributed by atoms with Crippen LogP contribution in [-0.2, 0) is 9.59 Å². The first-order valence-corrected chi connectivity index (χ1v) is 9.38. The zero-order chi connectivity index (χ0) is 18.5. The monoisotopic (exact) mass is 358 g/mol. The fourth-order valence-electron chi connectivity index (χ4n) is 3.79. The molecule has 0 N–H and O–H groups in total. The van der Waals surface area contributed by atoms with Crippen LogP contribution in [-0.4, -0.2) is 53.8 Å². The number of piperazine rings is 1. The molecule has 1 saturated heterocycles. The third-order valence-corrected chi connectivity index (χ3v) is 5.20. The van der Waals surface area contributed by atoms with Gasteiger partial charge < -0.3 is 14.5 Å². The molecule has 0 radical (unpaired) electrons. The molecule has 0 atom stereocenters. The molecule has 2 amide bonds. The molecule has 2 aliphatic rings. The summed E-state index contributed by atoms with van der Waals surface area (Å²) in [5, 5.41) is 0. The van der Waals surface area contributed by atoms with E-state index in [1.807, 2.05) is 4.90 Å². The van der Waals surface area contributed by atoms with E-state index in [1.54, 1.807) is 29.2 Å². The van der Waals surface area contributed by atoms with E-state index in [2.05, 4.69) is 0 Å². The Labute approximate surface area is 154 Å². The van der Waals surface area contributed by atoms with Gasteiger partial charge >= 0.3 is 5.97 Å². The highest BCUT2D eigenvalue weighted by Crippen LogP contribution is 2.28. The maximum absolute atomic E-state index is 12.7. The molecular formula is C20H26N2O4. The van der Waals surface area contributed by atoms with Crippen LogP contribution in [0.15, 0.2) is 24.3 Å². The van der Waals surface area contributed by atoms with Gasteiger partial charge in [0.1, 0.15) is 5.75 Å². The predicted octanol–water partition coefficient (Wildman–Crippen LogP) is 2.48. The van der Waals surface area contributed by atoms with Crippen molar-refractivity contribution in [3.63, 3.8) is 0 Å². The highest BCUT2D eigenvalue weighted by atomic mass is 16.5. The lowest BCUT2D eigenvalue weighted by Gasteiger charge is -2.35. The van der Waals surface area contributed by atoms with Gasteiger partial charge in [-0.15, -0.1) is 0 Å². The van der Waals surface area contributed by atoms with Crippen LogP contribution in [0.4, 0.5) is 0 Å². The third-order valence-electron chi connectivity index (χ3n) is 5.20. The molecule has 0 spiro atoms. The number of hydrogen-bond acceptors (Lipinski definition) is 4. The van der Waals surface area contributed by atoms with Crippen LogP contribution in [0.1, 0.15) is 49.4 Å². The fraction of sp³-hybridized carbons (Fsp3) is 0.550. The van der Waals surface area contributed by atoms with Crippen molar-refractivity contribution in [2.24, 2.45) is 5.92 Å². The highest BCUT2D eigenvalue weighted by Gasteiger charge is 2.27. The Morgan fingerprint density at radius 1 is 1.04 bits per heavy atom. The van der Waals surface area contributed by atoms with Crippen molar-refractivity contribution >= 4 is 17.8 Å². The molecule has 3 rings (SSSR count). The summed E-state index contributed by atoms with van der Waals surface area (Å²) in [4.78, 5) is 39.8. The van der Waals surface area contributed by atoms with Crippen molar-refractivity contribution in [1.82, 2.24) is 9.80 Å². The summed E-state index contributed by atoms with van der Waals surface area (Å²) in [7, 11) is 0. The lowest BCUT2D eigenvalue weighted by molar-refractivity contribution is -0.134. The van der Waals surface area contributed by atoms with Crippen molar-refractivity contribution in [1.29, 1.82) is 0 Å². The number of esters is 1. The van der Waals surface area contributed by atoms with E-state index in [-0.39, 0.29) is 11.8 Å². The van der Waals surface area contributed by atoms with Crippen molar-refractivity contribution < 1.29 is 19.1 Å². The van der Waals surface area contributed by atoms with Crippen LogP contribution in [0, 0.1) is 5.92 Å². The van der Waals surface area contributed by atoms with Crippen molar-refractivity contribution in [2.75, 3.05) is 26.2 Å². The molecule has 1 aliphatic carbocycles. The summed E-state index contributed by atoms with van der Waals surface area (Å²) < 4.78 is 5.04. The molecule has 0 bridgehead atoms. The van der Waals surface area contributed by atoms with Gasteiger partial charge in [0.15, 0.2) is 0 Å². The molecular weight excluding hydrogens is 332 g/mol. The van der Waals surface area contributed by atoms with Gasteiger partial charge in [-0.1, -0.05) is 18.9 Å². The Balaban J connectivity index is 1.53. The molecule has 1 heterocycles. The zero-order valence-corrected chi connectivity index (χ0v) is 15.3. The maximum Gasteiger partial charge on any atom is 0.308 e. The Kier molecular flexibility index (Phi) is 5.91. The minimum Gasteiger partial charge on any atom is -0.427 e. The molecule has 1 aromatic rings. The van der Waals surface area contributed by atoms with Crippen LogP contribution in [0.3, 0.4) is 0 Å². The SMILES string of the molecule is CC(=O)Oc1cccc(C(=O)N2CCN(C(=O)CC3CCCC3)CC2)c1. The van der Waals surface area contributed by atoms with Gasteiger partial charge in [0.05, 0.1) is 0 Å². The molecule has 0 unspecified atom stereocenters. The summed E-state index contributed by atoms with van der Waals surface area (Å²) in [5.41, 5.74) is 0.495. The second-order valence-electron chi connectivity index (χ2n) is 7.15. The van der Waals surface area contributed by atoms with E-state index in [4.69, 9.17) is 4.74 Å². The van der Waals surface area contributed by atoms with E-state index in [0.717, 1.165) is 0 Å². The zero-order valence-electron chi connectivity index (χ0n) is 15.3. The standard InChI is InChI=1S/C20H26N2O4/c1-15(23)26-18-8-4-7-17(14-18)20(25)22-11-9-21(10-12-22)19(24)13-16-5-2-3-6-16/h4,7-8,14,16H,2-3,5-6,9-13H2,1H3. The predicted molar refractivity (Wildman–Crippen MR) is 96.8 cm³/mol. The Morgan fingerprint density at radius 3 is 2.35 bits per heavy atom. The van der Waals surface area contributed by atoms with Crippen molar-refractivity contribution in [2.45, 2.75) is 39.0 Å². The average molecular weight is 358 g/mol. The van der Waals surface area contributed by atoms with E-state index in [0.29, 0.717) is 49.8 Å². The van der Waals surface area contributed by atoms with Gasteiger partial charge in [0, 0.05) is 45.1 Å². The van der Waals surface area contributed by atoms with Gasteiger partial charge in [0.2, 0.25) is 5.91 Å². The van der Waals surface area contributed by atoms with E-state index in [1.165, 1.54) is 32.6 Å². The number of amides is 2. The Bertz CT molecular complexity index is 674. The van der Waals surface area contributed by atoms with Crippen LogP contribution in [0.25, 0.3) is 0 Å². The molecule has 1 aliphatic heterocycles. The highest BCUT2D eigenvalue weighted by molar-refractivity contribution is 5.95. The second kappa shape index (κ2) is 8.34. The summed E-state index contributed by atoms with van der Waals surface area (Å²) in [5.74, 6) is 0.631. The topological polar surface area (TPSA) is 66.9 Å². The van der Waals surface area contributed by atoms with Gasteiger partial charge in [0.25, 0.3) is 5.91 Å². The third kappa shape index (κ3) is 4.62. The molecule has 1 saturated carbocycles. The largest absolute Gasteiger partial charge is 0.427 e. The molecule has 2 fully saturated rings. The van der Waals surface area contributed by atoms with Crippen molar-refractivity contribution in [3.8, 4) is 5.75 Å². The number of ether oxygens (including phenoxy) is 1. The second-order valence-corrected chi connectivity index (χ2v) is 7.15. The van der Waals surface area contributed by atoms with Crippen LogP contribution in [0.5, 0.6) is 5.75 Å². The first-order valence-electron chi connectivity index (χ1n) is 9.38. The quantitative estimate of drug-likeness (QED) is 0.613. The lowest BCUT2D eigenvalue weighted by atomic mass is 10.0. The van der Waals surface area contributed by atoms with Crippen LogP contribution < -0.4 is 4.74 Å². The smallest absolute Gasteiger partial charge is 0.308 e. The van der Waals surface area contributed by atoms with Crippen LogP contribution >= 0.6 is 0 Å². The Hall–Kier alpha value is -2.37. The van der Waals surface area contributed by atoms with Gasteiger partial charge in [-0.2, -0.15) is 0 Å². The summed E-state index contributed by atoms with van der Waals surface area (Å²) in [6.07, 6.45) is 5.48. The maximum atomic E-state index is 12.7. The summed E-state index contributed by atoms with van der Waals surface area (Å²) >= 11 is 0. The van der Waals surface area contributed by atoms with E-state index >= 15 is 0 Å². The first kappa shape index (κ1) is 18.4. The van der Waals surface area contributed by atoms with E-state index < -0.39 is 5.97 Å². The first-order chi connectivity index (χ1) is 12.5. The minimum atomic E-state index is -0.413. The van der Waals surface area contributed by atoms with Gasteiger partial charge in [-0.25, -0.2) is 0 Å². The molecule has 6 heteroatoms. The number of carbonyl (C=O) groups excluding carboxylic acids is 3. The number of rotatable bonds is 4. The molecule has 6 nitrogen and oxygen atoms in total.